The number of amides is 1. The number of hydrazine groups is 1. The van der Waals surface area contributed by atoms with Crippen LogP contribution in [0.15, 0.2) is 46.8 Å². The van der Waals surface area contributed by atoms with Gasteiger partial charge in [-0.15, -0.1) is 0 Å². The highest BCUT2D eigenvalue weighted by Crippen LogP contribution is 2.41. The van der Waals surface area contributed by atoms with Crippen molar-refractivity contribution in [2.24, 2.45) is 0 Å². The van der Waals surface area contributed by atoms with Crippen molar-refractivity contribution in [3.8, 4) is 0 Å². The largest absolute Gasteiger partial charge is 0.463 e. The molecule has 0 aromatic heterocycles. The van der Waals surface area contributed by atoms with E-state index in [0.29, 0.717) is 28.5 Å². The van der Waals surface area contributed by atoms with Crippen molar-refractivity contribution in [2.45, 2.75) is 33.1 Å². The summed E-state index contributed by atoms with van der Waals surface area (Å²) < 4.78 is 10.7. The summed E-state index contributed by atoms with van der Waals surface area (Å²) in [6, 6.07) is 5.87. The maximum absolute atomic E-state index is 13.3. The average molecular weight is 576 g/mol. The molecule has 12 nitrogen and oxygen atoms in total. The second-order valence-corrected chi connectivity index (χ2v) is 10.5. The van der Waals surface area contributed by atoms with Crippen molar-refractivity contribution in [1.29, 1.82) is 0 Å². The molecule has 13 heteroatoms. The van der Waals surface area contributed by atoms with E-state index < -0.39 is 22.8 Å². The van der Waals surface area contributed by atoms with Crippen molar-refractivity contribution in [3.63, 3.8) is 0 Å². The van der Waals surface area contributed by atoms with Crippen molar-refractivity contribution in [3.05, 3.63) is 62.5 Å². The Hall–Kier alpha value is -3.42. The SMILES string of the molecule is CCOC(=O)C1=C(C)NC(CSCCC(=O)NN2CCN(C)CC2)=C(C(=O)OCC)C1c1cccc([N+](=O)[O-])c1. The van der Waals surface area contributed by atoms with Crippen LogP contribution < -0.4 is 10.7 Å². The molecule has 1 unspecified atom stereocenters. The lowest BCUT2D eigenvalue weighted by atomic mass is 9.80. The van der Waals surface area contributed by atoms with Gasteiger partial charge in [0, 0.05) is 67.6 Å². The van der Waals surface area contributed by atoms with E-state index in [4.69, 9.17) is 9.47 Å². The van der Waals surface area contributed by atoms with E-state index >= 15 is 0 Å². The van der Waals surface area contributed by atoms with Crippen molar-refractivity contribution >= 4 is 35.3 Å². The zero-order chi connectivity index (χ0) is 29.2. The normalized spacial score (nSPS) is 18.2. The van der Waals surface area contributed by atoms with Gasteiger partial charge in [-0.25, -0.2) is 14.6 Å². The van der Waals surface area contributed by atoms with Crippen LogP contribution in [0.5, 0.6) is 0 Å². The number of non-ortho nitro benzene ring substituents is 1. The number of benzene rings is 1. The Balaban J connectivity index is 1.85. The fourth-order valence-electron chi connectivity index (χ4n) is 4.58. The van der Waals surface area contributed by atoms with Crippen molar-refractivity contribution in [1.82, 2.24) is 20.7 Å². The summed E-state index contributed by atoms with van der Waals surface area (Å²) in [5.41, 5.74) is 4.54. The molecule has 2 aliphatic rings. The molecular weight excluding hydrogens is 538 g/mol. The highest BCUT2D eigenvalue weighted by atomic mass is 32.2. The second-order valence-electron chi connectivity index (χ2n) is 9.41. The molecule has 2 aliphatic heterocycles. The van der Waals surface area contributed by atoms with Crippen LogP contribution in [0, 0.1) is 10.1 Å². The number of thioether (sulfide) groups is 1. The maximum Gasteiger partial charge on any atom is 0.336 e. The molecule has 0 spiro atoms. The van der Waals surface area contributed by atoms with Gasteiger partial charge in [-0.05, 0) is 33.4 Å². The Morgan fingerprint density at radius 3 is 2.38 bits per heavy atom. The van der Waals surface area contributed by atoms with Gasteiger partial charge in [-0.2, -0.15) is 11.8 Å². The Morgan fingerprint density at radius 2 is 1.75 bits per heavy atom. The van der Waals surface area contributed by atoms with Gasteiger partial charge in [0.25, 0.3) is 5.69 Å². The molecule has 40 heavy (non-hydrogen) atoms. The lowest BCUT2D eigenvalue weighted by Crippen LogP contribution is -2.52. The molecule has 1 aromatic carbocycles. The zero-order valence-electron chi connectivity index (χ0n) is 23.4. The summed E-state index contributed by atoms with van der Waals surface area (Å²) in [7, 11) is 2.05. The molecule has 218 valence electrons. The van der Waals surface area contributed by atoms with E-state index in [1.165, 1.54) is 30.0 Å². The van der Waals surface area contributed by atoms with Crippen LogP contribution in [0.4, 0.5) is 5.69 Å². The maximum atomic E-state index is 13.3. The van der Waals surface area contributed by atoms with Crippen LogP contribution in [0.2, 0.25) is 0 Å². The lowest BCUT2D eigenvalue weighted by Gasteiger charge is -2.32. The number of esters is 2. The van der Waals surface area contributed by atoms with Gasteiger partial charge >= 0.3 is 11.9 Å². The number of carbonyl (C=O) groups excluding carboxylic acids is 3. The first kappa shape index (κ1) is 31.1. The monoisotopic (exact) mass is 575 g/mol. The lowest BCUT2D eigenvalue weighted by molar-refractivity contribution is -0.384. The van der Waals surface area contributed by atoms with Gasteiger partial charge in [-0.1, -0.05) is 12.1 Å². The van der Waals surface area contributed by atoms with E-state index in [2.05, 4.69) is 15.6 Å². The number of hydrogen-bond donors (Lipinski definition) is 2. The molecule has 2 heterocycles. The third-order valence-electron chi connectivity index (χ3n) is 6.56. The number of hydrogen-bond acceptors (Lipinski definition) is 11. The fraction of sp³-hybridized carbons (Fsp3) is 0.519. The number of nitrogens with one attached hydrogen (secondary N) is 2. The number of allylic oxidation sites excluding steroid dienone is 1. The molecule has 3 rings (SSSR count). The highest BCUT2D eigenvalue weighted by molar-refractivity contribution is 7.99. The third-order valence-corrected chi connectivity index (χ3v) is 7.54. The van der Waals surface area contributed by atoms with Crippen molar-refractivity contribution < 1.29 is 28.8 Å². The number of nitro benzene ring substituents is 1. The zero-order valence-corrected chi connectivity index (χ0v) is 24.2. The van der Waals surface area contributed by atoms with Crippen LogP contribution in [0.25, 0.3) is 0 Å². The van der Waals surface area contributed by atoms with Crippen LogP contribution in [-0.4, -0.2) is 90.6 Å². The second kappa shape index (κ2) is 14.8. The third kappa shape index (κ3) is 8.05. The number of nitro groups is 1. The number of ether oxygens (including phenoxy) is 2. The minimum absolute atomic E-state index is 0.0802. The molecule has 1 amide bonds. The Morgan fingerprint density at radius 1 is 1.10 bits per heavy atom. The van der Waals surface area contributed by atoms with E-state index in [9.17, 15) is 24.5 Å². The summed E-state index contributed by atoms with van der Waals surface area (Å²) in [5.74, 6) is -1.45. The van der Waals surface area contributed by atoms with Crippen molar-refractivity contribution in [2.75, 3.05) is 57.9 Å². The van der Waals surface area contributed by atoms with Gasteiger partial charge in [0.15, 0.2) is 0 Å². The predicted molar refractivity (Wildman–Crippen MR) is 151 cm³/mol. The van der Waals surface area contributed by atoms with E-state index in [1.54, 1.807) is 26.8 Å². The topological polar surface area (TPSA) is 143 Å². The number of piperazine rings is 1. The number of rotatable bonds is 12. The Bertz CT molecular complexity index is 1180. The van der Waals surface area contributed by atoms with Gasteiger partial charge < -0.3 is 19.7 Å². The number of likely N-dealkylation sites (N-methyl/N-ethyl adjacent to an activating group) is 1. The summed E-state index contributed by atoms with van der Waals surface area (Å²) in [6.07, 6.45) is 0.288. The quantitative estimate of drug-likeness (QED) is 0.164. The van der Waals surface area contributed by atoms with Crippen LogP contribution in [0.3, 0.4) is 0 Å². The van der Waals surface area contributed by atoms with Gasteiger partial charge in [0.2, 0.25) is 5.91 Å². The fourth-order valence-corrected chi connectivity index (χ4v) is 5.49. The molecule has 1 atom stereocenters. The molecule has 0 saturated carbocycles. The summed E-state index contributed by atoms with van der Waals surface area (Å²) in [4.78, 5) is 52.0. The average Bonchev–Trinajstić information content (AvgIpc) is 2.92. The van der Waals surface area contributed by atoms with E-state index in [1.807, 2.05) is 12.1 Å². The van der Waals surface area contributed by atoms with Gasteiger partial charge in [0.1, 0.15) is 0 Å². The molecule has 2 N–H and O–H groups in total. The Labute approximate surface area is 238 Å². The smallest absolute Gasteiger partial charge is 0.336 e. The minimum atomic E-state index is -0.935. The standard InChI is InChI=1S/C27H37N5O7S/c1-5-38-26(34)23-18(3)28-21(17-40-15-10-22(33)29-31-13-11-30(4)12-14-31)25(27(35)39-6-2)24(23)19-8-7-9-20(16-19)32(36)37/h7-9,16,24,28H,5-6,10-15,17H2,1-4H3,(H,29,33). The Kier molecular flexibility index (Phi) is 11.5. The highest BCUT2D eigenvalue weighted by Gasteiger charge is 2.39. The number of carbonyl (C=O) groups is 3. The number of nitrogens with zero attached hydrogens (tertiary/aromatic N) is 3. The number of dihydropyridines is 1. The van der Waals surface area contributed by atoms with Crippen LogP contribution in [-0.2, 0) is 23.9 Å². The molecule has 0 bridgehead atoms. The van der Waals surface area contributed by atoms with Crippen LogP contribution >= 0.6 is 11.8 Å². The minimum Gasteiger partial charge on any atom is -0.463 e. The van der Waals surface area contributed by atoms with E-state index in [-0.39, 0.29) is 42.4 Å². The summed E-state index contributed by atoms with van der Waals surface area (Å²) >= 11 is 1.45. The molecule has 1 fully saturated rings. The first-order chi connectivity index (χ1) is 19.2. The molecule has 0 radical (unpaired) electrons. The first-order valence-corrected chi connectivity index (χ1v) is 14.4. The predicted octanol–water partition coefficient (Wildman–Crippen LogP) is 2.34. The molecular formula is C27H37N5O7S. The molecule has 1 saturated heterocycles. The summed E-state index contributed by atoms with van der Waals surface area (Å²) in [5, 5.41) is 16.6. The molecule has 0 aliphatic carbocycles. The van der Waals surface area contributed by atoms with E-state index in [0.717, 1.165) is 26.2 Å². The van der Waals surface area contributed by atoms with Gasteiger partial charge in [0.05, 0.1) is 35.2 Å². The first-order valence-electron chi connectivity index (χ1n) is 13.3. The van der Waals surface area contributed by atoms with Gasteiger partial charge in [-0.3, -0.25) is 20.3 Å². The van der Waals surface area contributed by atoms with Crippen LogP contribution in [0.1, 0.15) is 38.7 Å². The summed E-state index contributed by atoms with van der Waals surface area (Å²) in [6.45, 7) is 8.59. The molecule has 1 aromatic rings.